The average Bonchev–Trinajstić information content (AvgIpc) is 2.53. The van der Waals surface area contributed by atoms with E-state index in [0.29, 0.717) is 12.3 Å². The molecule has 4 rings (SSSR count). The van der Waals surface area contributed by atoms with Crippen LogP contribution in [0.4, 0.5) is 4.39 Å². The van der Waals surface area contributed by atoms with E-state index in [0.717, 1.165) is 29.5 Å². The third kappa shape index (κ3) is 1.95. The maximum atomic E-state index is 13.6. The van der Waals surface area contributed by atoms with Gasteiger partial charge in [0.2, 0.25) is 0 Å². The first kappa shape index (κ1) is 15.8. The minimum absolute atomic E-state index is 0.141. The van der Waals surface area contributed by atoms with Gasteiger partial charge in [-0.1, -0.05) is 30.7 Å². The van der Waals surface area contributed by atoms with Gasteiger partial charge >= 0.3 is 0 Å². The Kier molecular flexibility index (Phi) is 3.40. The van der Waals surface area contributed by atoms with Crippen LogP contribution in [0.25, 0.3) is 0 Å². The molecule has 0 radical (unpaired) electrons. The molecule has 3 unspecified atom stereocenters. The zero-order valence-corrected chi connectivity index (χ0v) is 14.7. The maximum absolute atomic E-state index is 13.6. The number of benzene rings is 2. The van der Waals surface area contributed by atoms with Crippen LogP contribution in [-0.4, -0.2) is 8.42 Å². The Balaban J connectivity index is 1.93. The fraction of sp³-hybridized carbons (Fsp3) is 0.400. The minimum atomic E-state index is -3.57. The minimum Gasteiger partial charge on any atom is -0.223 e. The van der Waals surface area contributed by atoms with Crippen LogP contribution in [0.1, 0.15) is 36.5 Å². The quantitative estimate of drug-likeness (QED) is 0.757. The number of sulfone groups is 1. The first-order chi connectivity index (χ1) is 11.4. The second-order valence-electron chi connectivity index (χ2n) is 7.33. The predicted molar refractivity (Wildman–Crippen MR) is 92.0 cm³/mol. The molecule has 0 saturated heterocycles. The molecule has 0 aromatic heterocycles. The van der Waals surface area contributed by atoms with Crippen molar-refractivity contribution in [3.8, 4) is 0 Å². The normalized spacial score (nSPS) is 28.6. The van der Waals surface area contributed by atoms with Crippen LogP contribution < -0.4 is 0 Å². The molecule has 0 heterocycles. The van der Waals surface area contributed by atoms with Crippen molar-refractivity contribution in [1.29, 1.82) is 0 Å². The lowest BCUT2D eigenvalue weighted by atomic mass is 9.56. The van der Waals surface area contributed by atoms with Crippen molar-refractivity contribution in [2.75, 3.05) is 0 Å². The lowest BCUT2D eigenvalue weighted by Crippen LogP contribution is -2.57. The van der Waals surface area contributed by atoms with Crippen LogP contribution in [0.2, 0.25) is 0 Å². The summed E-state index contributed by atoms with van der Waals surface area (Å²) in [5.41, 5.74) is 3.28. The summed E-state index contributed by atoms with van der Waals surface area (Å²) >= 11 is 0. The van der Waals surface area contributed by atoms with Crippen molar-refractivity contribution in [2.24, 2.45) is 11.8 Å². The molecule has 0 aliphatic heterocycles. The van der Waals surface area contributed by atoms with Gasteiger partial charge in [0.05, 0.1) is 4.90 Å². The molecular formula is C20H21FO2S. The van der Waals surface area contributed by atoms with Gasteiger partial charge in [-0.2, -0.15) is 0 Å². The molecule has 2 aromatic rings. The van der Waals surface area contributed by atoms with Crippen LogP contribution in [0.15, 0.2) is 47.4 Å². The highest BCUT2D eigenvalue weighted by atomic mass is 32.2. The third-order valence-corrected chi connectivity index (χ3v) is 8.50. The third-order valence-electron chi connectivity index (χ3n) is 5.96. The van der Waals surface area contributed by atoms with Gasteiger partial charge in [0.25, 0.3) is 0 Å². The zero-order valence-electron chi connectivity index (χ0n) is 13.9. The van der Waals surface area contributed by atoms with Crippen molar-refractivity contribution in [3.63, 3.8) is 0 Å². The summed E-state index contributed by atoms with van der Waals surface area (Å²) in [7, 11) is -3.57. The number of aryl methyl sites for hydroxylation is 2. The van der Waals surface area contributed by atoms with E-state index in [9.17, 15) is 12.8 Å². The van der Waals surface area contributed by atoms with Gasteiger partial charge in [-0.3, -0.25) is 0 Å². The van der Waals surface area contributed by atoms with Crippen LogP contribution in [-0.2, 0) is 21.0 Å². The van der Waals surface area contributed by atoms with E-state index >= 15 is 0 Å². The fourth-order valence-corrected chi connectivity index (χ4v) is 7.46. The molecule has 1 saturated carbocycles. The Labute approximate surface area is 142 Å². The summed E-state index contributed by atoms with van der Waals surface area (Å²) in [4.78, 5) is 0.231. The Morgan fingerprint density at radius 1 is 1.12 bits per heavy atom. The summed E-state index contributed by atoms with van der Waals surface area (Å²) in [6.07, 6.45) is 2.48. The fourth-order valence-electron chi connectivity index (χ4n) is 4.83. The second-order valence-corrected chi connectivity index (χ2v) is 9.54. The van der Waals surface area contributed by atoms with E-state index in [1.165, 1.54) is 24.3 Å². The molecule has 4 heteroatoms. The summed E-state index contributed by atoms with van der Waals surface area (Å²) in [5, 5.41) is 0. The van der Waals surface area contributed by atoms with Gasteiger partial charge in [0, 0.05) is 0 Å². The Morgan fingerprint density at radius 2 is 1.83 bits per heavy atom. The lowest BCUT2D eigenvalue weighted by molar-refractivity contribution is 0.0896. The Bertz CT molecular complexity index is 902. The van der Waals surface area contributed by atoms with Crippen LogP contribution >= 0.6 is 0 Å². The van der Waals surface area contributed by atoms with E-state index in [2.05, 4.69) is 13.0 Å². The molecule has 2 aliphatic carbocycles. The van der Waals surface area contributed by atoms with E-state index in [1.54, 1.807) is 0 Å². The highest BCUT2D eigenvalue weighted by Gasteiger charge is 2.63. The summed E-state index contributed by atoms with van der Waals surface area (Å²) in [5.74, 6) is 0.127. The number of rotatable bonds is 2. The first-order valence-electron chi connectivity index (χ1n) is 8.46. The van der Waals surface area contributed by atoms with Crippen molar-refractivity contribution < 1.29 is 12.8 Å². The molecule has 2 aromatic carbocycles. The van der Waals surface area contributed by atoms with Crippen molar-refractivity contribution in [1.82, 2.24) is 0 Å². The maximum Gasteiger partial charge on any atom is 0.188 e. The SMILES string of the molecule is Cc1ccc2c(c1)CCC1C(C)CC21S(=O)(=O)c1ccc(F)cc1. The summed E-state index contributed by atoms with van der Waals surface area (Å²) < 4.78 is 39.5. The zero-order chi connectivity index (χ0) is 17.1. The summed E-state index contributed by atoms with van der Waals surface area (Å²) in [6.45, 7) is 4.18. The Morgan fingerprint density at radius 3 is 2.50 bits per heavy atom. The van der Waals surface area contributed by atoms with Gasteiger partial charge in [0.15, 0.2) is 9.84 Å². The molecule has 0 N–H and O–H groups in total. The standard InChI is InChI=1S/C20H21FO2S/c1-13-3-9-19-15(11-13)4-10-18-14(2)12-20(18,19)24(22,23)17-7-5-16(21)6-8-17/h3,5-9,11,14,18H,4,10,12H2,1-2H3. The van der Waals surface area contributed by atoms with Gasteiger partial charge in [-0.25, -0.2) is 12.8 Å². The molecule has 0 spiro atoms. The highest BCUT2D eigenvalue weighted by molar-refractivity contribution is 7.92. The van der Waals surface area contributed by atoms with Crippen LogP contribution in [0, 0.1) is 24.6 Å². The van der Waals surface area contributed by atoms with E-state index in [4.69, 9.17) is 0 Å². The van der Waals surface area contributed by atoms with Crippen molar-refractivity contribution >= 4 is 9.84 Å². The smallest absolute Gasteiger partial charge is 0.188 e. The second kappa shape index (κ2) is 5.16. The van der Waals surface area contributed by atoms with Gasteiger partial charge in [0.1, 0.15) is 10.6 Å². The first-order valence-corrected chi connectivity index (χ1v) is 9.95. The van der Waals surface area contributed by atoms with E-state index < -0.39 is 20.4 Å². The van der Waals surface area contributed by atoms with Gasteiger partial charge in [-0.05, 0) is 73.4 Å². The molecule has 24 heavy (non-hydrogen) atoms. The number of halogens is 1. The number of hydrogen-bond acceptors (Lipinski definition) is 2. The molecular weight excluding hydrogens is 323 g/mol. The molecule has 2 aliphatic rings. The van der Waals surface area contributed by atoms with Crippen LogP contribution in [0.5, 0.6) is 0 Å². The van der Waals surface area contributed by atoms with Gasteiger partial charge < -0.3 is 0 Å². The molecule has 0 bridgehead atoms. The molecule has 3 atom stereocenters. The lowest BCUT2D eigenvalue weighted by Gasteiger charge is -2.56. The summed E-state index contributed by atoms with van der Waals surface area (Å²) in [6, 6.07) is 11.4. The van der Waals surface area contributed by atoms with Gasteiger partial charge in [-0.15, -0.1) is 0 Å². The van der Waals surface area contributed by atoms with Crippen molar-refractivity contribution in [2.45, 2.75) is 42.8 Å². The molecule has 1 fully saturated rings. The highest BCUT2D eigenvalue weighted by Crippen LogP contribution is 2.62. The number of hydrogen-bond donors (Lipinski definition) is 0. The van der Waals surface area contributed by atoms with E-state index in [-0.39, 0.29) is 10.8 Å². The van der Waals surface area contributed by atoms with Crippen molar-refractivity contribution in [3.05, 3.63) is 65.0 Å². The average molecular weight is 344 g/mol. The molecule has 126 valence electrons. The molecule has 2 nitrogen and oxygen atoms in total. The largest absolute Gasteiger partial charge is 0.223 e. The number of fused-ring (bicyclic) bond motifs is 3. The predicted octanol–water partition coefficient (Wildman–Crippen LogP) is 4.41. The monoisotopic (exact) mass is 344 g/mol. The van der Waals surface area contributed by atoms with E-state index in [1.807, 2.05) is 19.1 Å². The Hall–Kier alpha value is -1.68. The molecule has 0 amide bonds. The topological polar surface area (TPSA) is 34.1 Å². The van der Waals surface area contributed by atoms with Crippen LogP contribution in [0.3, 0.4) is 0 Å².